The first-order valence-electron chi connectivity index (χ1n) is 4.30. The van der Waals surface area contributed by atoms with Gasteiger partial charge in [0.1, 0.15) is 5.88 Å². The van der Waals surface area contributed by atoms with Crippen molar-refractivity contribution >= 4 is 35.0 Å². The number of carbonyl (C=O) groups is 2. The summed E-state index contributed by atoms with van der Waals surface area (Å²) in [6, 6.07) is 1.59. The molecule has 90 valence electrons. The van der Waals surface area contributed by atoms with Gasteiger partial charge in [-0.15, -0.1) is 11.6 Å². The van der Waals surface area contributed by atoms with Gasteiger partial charge in [0, 0.05) is 12.3 Å². The molecular formula is C8H7ClN4O4. The van der Waals surface area contributed by atoms with Crippen LogP contribution in [0.3, 0.4) is 0 Å². The highest BCUT2D eigenvalue weighted by Gasteiger charge is 2.17. The number of nitrogens with zero attached hydrogens (tertiary/aromatic N) is 2. The third-order valence-electron chi connectivity index (χ3n) is 1.59. The molecule has 3 amide bonds. The molecule has 17 heavy (non-hydrogen) atoms. The number of carbonyl (C=O) groups excluding carboxylic acids is 2. The van der Waals surface area contributed by atoms with Crippen molar-refractivity contribution in [2.45, 2.75) is 0 Å². The van der Waals surface area contributed by atoms with E-state index in [0.717, 1.165) is 0 Å². The average Bonchev–Trinajstić information content (AvgIpc) is 2.29. The van der Waals surface area contributed by atoms with Gasteiger partial charge in [-0.25, -0.2) is 9.78 Å². The van der Waals surface area contributed by atoms with Gasteiger partial charge in [-0.1, -0.05) is 0 Å². The van der Waals surface area contributed by atoms with Gasteiger partial charge >= 0.3 is 11.7 Å². The zero-order valence-electron chi connectivity index (χ0n) is 8.34. The second-order valence-electron chi connectivity index (χ2n) is 2.76. The van der Waals surface area contributed by atoms with Crippen LogP contribution in [0.5, 0.6) is 0 Å². The lowest BCUT2D eigenvalue weighted by atomic mass is 10.4. The van der Waals surface area contributed by atoms with Gasteiger partial charge in [-0.2, -0.15) is 0 Å². The molecule has 0 aliphatic rings. The smallest absolute Gasteiger partial charge is 0.286 e. The van der Waals surface area contributed by atoms with Crippen LogP contribution in [-0.2, 0) is 4.79 Å². The summed E-state index contributed by atoms with van der Waals surface area (Å²) in [5.74, 6) is -1.36. The number of aromatic nitrogens is 1. The molecule has 1 rings (SSSR count). The van der Waals surface area contributed by atoms with Gasteiger partial charge in [-0.3, -0.25) is 25.5 Å². The minimum Gasteiger partial charge on any atom is -0.286 e. The predicted molar refractivity (Wildman–Crippen MR) is 58.8 cm³/mol. The number of anilines is 1. The molecule has 1 aromatic heterocycles. The molecule has 9 heteroatoms. The van der Waals surface area contributed by atoms with E-state index in [2.05, 4.69) is 10.3 Å². The second kappa shape index (κ2) is 5.75. The van der Waals surface area contributed by atoms with Crippen molar-refractivity contribution in [3.8, 4) is 0 Å². The minimum atomic E-state index is -0.933. The van der Waals surface area contributed by atoms with Gasteiger partial charge < -0.3 is 0 Å². The van der Waals surface area contributed by atoms with Crippen molar-refractivity contribution in [1.82, 2.24) is 10.3 Å². The number of halogens is 1. The molecular weight excluding hydrogens is 252 g/mol. The summed E-state index contributed by atoms with van der Waals surface area (Å²) < 4.78 is 0. The summed E-state index contributed by atoms with van der Waals surface area (Å²) in [7, 11) is 0. The molecule has 0 radical (unpaired) electrons. The molecule has 8 nitrogen and oxygen atoms in total. The van der Waals surface area contributed by atoms with Crippen LogP contribution in [0.4, 0.5) is 16.3 Å². The lowest BCUT2D eigenvalue weighted by Gasteiger charge is -2.04. The van der Waals surface area contributed by atoms with Crippen molar-refractivity contribution in [3.63, 3.8) is 0 Å². The molecule has 0 atom stereocenters. The van der Waals surface area contributed by atoms with E-state index in [1.54, 1.807) is 0 Å². The van der Waals surface area contributed by atoms with E-state index in [9.17, 15) is 19.7 Å². The van der Waals surface area contributed by atoms with Crippen molar-refractivity contribution in [2.75, 3.05) is 11.2 Å². The van der Waals surface area contributed by atoms with Crippen LogP contribution in [0.1, 0.15) is 0 Å². The van der Waals surface area contributed by atoms with Crippen molar-refractivity contribution in [3.05, 3.63) is 28.4 Å². The first kappa shape index (κ1) is 12.8. The summed E-state index contributed by atoms with van der Waals surface area (Å²) >= 11 is 5.16. The van der Waals surface area contributed by atoms with Crippen LogP contribution in [-0.4, -0.2) is 27.7 Å². The van der Waals surface area contributed by atoms with Crippen LogP contribution in [0, 0.1) is 10.1 Å². The van der Waals surface area contributed by atoms with E-state index in [-0.39, 0.29) is 11.5 Å². The van der Waals surface area contributed by atoms with E-state index in [1.165, 1.54) is 18.3 Å². The van der Waals surface area contributed by atoms with Gasteiger partial charge in [0.25, 0.3) is 0 Å². The van der Waals surface area contributed by atoms with E-state index >= 15 is 0 Å². The SMILES string of the molecule is O=C(CCl)NC(=O)Nc1ncccc1[N+](=O)[O-]. The zero-order chi connectivity index (χ0) is 12.8. The Kier molecular flexibility index (Phi) is 4.35. The molecule has 0 fully saturated rings. The van der Waals surface area contributed by atoms with Crippen LogP contribution in [0.15, 0.2) is 18.3 Å². The van der Waals surface area contributed by atoms with Crippen LogP contribution in [0.2, 0.25) is 0 Å². The Morgan fingerprint density at radius 2 is 2.24 bits per heavy atom. The molecule has 2 N–H and O–H groups in total. The van der Waals surface area contributed by atoms with Crippen molar-refractivity contribution < 1.29 is 14.5 Å². The number of alkyl halides is 1. The molecule has 1 heterocycles. The van der Waals surface area contributed by atoms with Gasteiger partial charge in [0.05, 0.1) is 4.92 Å². The summed E-state index contributed by atoms with van der Waals surface area (Å²) in [5, 5.41) is 14.5. The number of nitrogens with one attached hydrogen (secondary N) is 2. The largest absolute Gasteiger partial charge is 0.327 e. The maximum atomic E-state index is 11.2. The summed E-state index contributed by atoms with van der Waals surface area (Å²) in [5.41, 5.74) is -0.374. The van der Waals surface area contributed by atoms with Crippen molar-refractivity contribution in [2.24, 2.45) is 0 Å². The summed E-state index contributed by atoms with van der Waals surface area (Å²) in [6.45, 7) is 0. The third kappa shape index (κ3) is 3.68. The molecule has 0 aliphatic heterocycles. The van der Waals surface area contributed by atoms with E-state index in [0.29, 0.717) is 0 Å². The van der Waals surface area contributed by atoms with Gasteiger partial charge in [0.2, 0.25) is 11.7 Å². The number of hydrogen-bond donors (Lipinski definition) is 2. The molecule has 0 spiro atoms. The van der Waals surface area contributed by atoms with Crippen molar-refractivity contribution in [1.29, 1.82) is 0 Å². The molecule has 1 aromatic rings. The lowest BCUT2D eigenvalue weighted by molar-refractivity contribution is -0.384. The fourth-order valence-corrected chi connectivity index (χ4v) is 1.01. The number of rotatable bonds is 3. The van der Waals surface area contributed by atoms with Gasteiger partial charge in [0.15, 0.2) is 0 Å². The monoisotopic (exact) mass is 258 g/mol. The van der Waals surface area contributed by atoms with Crippen LogP contribution >= 0.6 is 11.6 Å². The number of hydrogen-bond acceptors (Lipinski definition) is 5. The first-order chi connectivity index (χ1) is 8.04. The maximum absolute atomic E-state index is 11.2. The molecule has 0 saturated carbocycles. The van der Waals surface area contributed by atoms with Gasteiger partial charge in [-0.05, 0) is 6.07 Å². The lowest BCUT2D eigenvalue weighted by Crippen LogP contribution is -2.35. The molecule has 0 saturated heterocycles. The van der Waals surface area contributed by atoms with E-state index in [4.69, 9.17) is 11.6 Å². The zero-order valence-corrected chi connectivity index (χ0v) is 9.10. The Morgan fingerprint density at radius 3 is 2.82 bits per heavy atom. The Morgan fingerprint density at radius 1 is 1.53 bits per heavy atom. The fourth-order valence-electron chi connectivity index (χ4n) is 0.939. The normalized spacial score (nSPS) is 9.47. The Labute approximate surface area is 100 Å². The molecule has 0 aliphatic carbocycles. The number of nitro groups is 1. The fraction of sp³-hybridized carbons (Fsp3) is 0.125. The Bertz CT molecular complexity index is 465. The average molecular weight is 259 g/mol. The summed E-state index contributed by atoms with van der Waals surface area (Å²) in [4.78, 5) is 35.5. The first-order valence-corrected chi connectivity index (χ1v) is 4.84. The minimum absolute atomic E-state index is 0.252. The second-order valence-corrected chi connectivity index (χ2v) is 3.03. The molecule has 0 bridgehead atoms. The quantitative estimate of drug-likeness (QED) is 0.474. The van der Waals surface area contributed by atoms with Crippen LogP contribution in [0.25, 0.3) is 0 Å². The number of imide groups is 1. The Balaban J connectivity index is 2.78. The molecule has 0 unspecified atom stereocenters. The van der Waals surface area contributed by atoms with E-state index in [1.807, 2.05) is 5.32 Å². The van der Waals surface area contributed by atoms with Crippen LogP contribution < -0.4 is 10.6 Å². The maximum Gasteiger partial charge on any atom is 0.327 e. The predicted octanol–water partition coefficient (Wildman–Crippen LogP) is 0.877. The topological polar surface area (TPSA) is 114 Å². The number of urea groups is 1. The molecule has 0 aromatic carbocycles. The summed E-state index contributed by atoms with van der Waals surface area (Å²) in [6.07, 6.45) is 1.27. The van der Waals surface area contributed by atoms with E-state index < -0.39 is 22.7 Å². The highest BCUT2D eigenvalue weighted by Crippen LogP contribution is 2.19. The highest BCUT2D eigenvalue weighted by atomic mass is 35.5. The number of pyridine rings is 1. The highest BCUT2D eigenvalue weighted by molar-refractivity contribution is 6.28. The standard InChI is InChI=1S/C8H7ClN4O4/c9-4-6(14)11-8(15)12-7-5(13(16)17)2-1-3-10-7/h1-3H,4H2,(H2,10,11,12,14,15). The Hall–Kier alpha value is -2.22. The third-order valence-corrected chi connectivity index (χ3v) is 1.83. The number of amides is 3.